The van der Waals surface area contributed by atoms with Gasteiger partial charge in [-0.2, -0.15) is 0 Å². The highest BCUT2D eigenvalue weighted by Crippen LogP contribution is 2.24. The van der Waals surface area contributed by atoms with Gasteiger partial charge in [0.15, 0.2) is 0 Å². The topological polar surface area (TPSA) is 58.6 Å². The molecule has 126 valence electrons. The number of benzene rings is 2. The first-order valence-corrected chi connectivity index (χ1v) is 8.64. The van der Waals surface area contributed by atoms with E-state index in [9.17, 15) is 9.59 Å². The minimum Gasteiger partial charge on any atom is -0.497 e. The number of nitrogens with one attached hydrogen (secondary N) is 1. The van der Waals surface area contributed by atoms with Crippen LogP contribution in [0.4, 0.5) is 5.69 Å². The Kier molecular flexibility index (Phi) is 6.39. The number of nitrogens with zero attached hydrogens (tertiary/aromatic N) is 1. The third kappa shape index (κ3) is 4.58. The van der Waals surface area contributed by atoms with Crippen molar-refractivity contribution in [2.24, 2.45) is 0 Å². The van der Waals surface area contributed by atoms with Gasteiger partial charge in [-0.15, -0.1) is 0 Å². The molecule has 0 bridgehead atoms. The van der Waals surface area contributed by atoms with Gasteiger partial charge in [-0.3, -0.25) is 9.59 Å². The first-order valence-electron chi connectivity index (χ1n) is 7.05. The molecular formula is C17H16Br2N2O3. The highest BCUT2D eigenvalue weighted by atomic mass is 79.9. The number of ether oxygens (including phenoxy) is 1. The van der Waals surface area contributed by atoms with Crippen LogP contribution in [0.3, 0.4) is 0 Å². The average molecular weight is 456 g/mol. The summed E-state index contributed by atoms with van der Waals surface area (Å²) >= 11 is 6.71. The zero-order chi connectivity index (χ0) is 17.7. The Balaban J connectivity index is 2.06. The summed E-state index contributed by atoms with van der Waals surface area (Å²) in [4.78, 5) is 26.0. The molecule has 2 aromatic rings. The second-order valence-corrected chi connectivity index (χ2v) is 6.74. The summed E-state index contributed by atoms with van der Waals surface area (Å²) in [7, 11) is 3.11. The highest BCUT2D eigenvalue weighted by Gasteiger charge is 2.18. The van der Waals surface area contributed by atoms with Gasteiger partial charge in [-0.05, 0) is 62.2 Å². The quantitative estimate of drug-likeness (QED) is 0.742. The number of carbonyl (C=O) groups excluding carboxylic acids is 2. The minimum atomic E-state index is -0.281. The van der Waals surface area contributed by atoms with E-state index in [0.29, 0.717) is 21.5 Å². The van der Waals surface area contributed by atoms with E-state index in [0.717, 1.165) is 4.47 Å². The van der Waals surface area contributed by atoms with Crippen LogP contribution in [-0.4, -0.2) is 37.4 Å². The fraction of sp³-hybridized carbons (Fsp3) is 0.176. The third-order valence-corrected chi connectivity index (χ3v) is 4.66. The van der Waals surface area contributed by atoms with E-state index in [4.69, 9.17) is 4.74 Å². The van der Waals surface area contributed by atoms with Gasteiger partial charge in [0.05, 0.1) is 24.9 Å². The van der Waals surface area contributed by atoms with E-state index < -0.39 is 0 Å². The Labute approximate surface area is 157 Å². The molecule has 0 saturated carbocycles. The van der Waals surface area contributed by atoms with Gasteiger partial charge in [0, 0.05) is 16.0 Å². The second kappa shape index (κ2) is 8.30. The Morgan fingerprint density at radius 1 is 1.12 bits per heavy atom. The predicted octanol–water partition coefficient (Wildman–Crippen LogP) is 3.93. The SMILES string of the molecule is COc1ccc(Br)c(C(=O)N(C)CC(=O)Nc2ccccc2Br)c1. The lowest BCUT2D eigenvalue weighted by molar-refractivity contribution is -0.116. The standard InChI is InChI=1S/C17H16Br2N2O3/c1-21(10-16(22)20-15-6-4-3-5-14(15)19)17(23)12-9-11(24-2)7-8-13(12)18/h3-9H,10H2,1-2H3,(H,20,22). The number of methoxy groups -OCH3 is 1. The lowest BCUT2D eigenvalue weighted by atomic mass is 10.2. The van der Waals surface area contributed by atoms with Crippen molar-refractivity contribution in [3.05, 3.63) is 57.0 Å². The van der Waals surface area contributed by atoms with Crippen LogP contribution in [0.1, 0.15) is 10.4 Å². The van der Waals surface area contributed by atoms with Gasteiger partial charge < -0.3 is 15.0 Å². The van der Waals surface area contributed by atoms with E-state index in [1.807, 2.05) is 18.2 Å². The largest absolute Gasteiger partial charge is 0.497 e. The average Bonchev–Trinajstić information content (AvgIpc) is 2.56. The molecule has 2 rings (SSSR count). The van der Waals surface area contributed by atoms with Gasteiger partial charge >= 0.3 is 0 Å². The van der Waals surface area contributed by atoms with E-state index in [-0.39, 0.29) is 18.4 Å². The third-order valence-electron chi connectivity index (χ3n) is 3.28. The summed E-state index contributed by atoms with van der Waals surface area (Å²) in [5.74, 6) is 0.0208. The maximum Gasteiger partial charge on any atom is 0.255 e. The zero-order valence-corrected chi connectivity index (χ0v) is 16.3. The van der Waals surface area contributed by atoms with Crippen LogP contribution >= 0.6 is 31.9 Å². The van der Waals surface area contributed by atoms with Crippen molar-refractivity contribution in [3.63, 3.8) is 0 Å². The van der Waals surface area contributed by atoms with Crippen LogP contribution in [0.15, 0.2) is 51.4 Å². The maximum atomic E-state index is 12.5. The van der Waals surface area contributed by atoms with Crippen molar-refractivity contribution in [2.75, 3.05) is 26.0 Å². The molecule has 0 fully saturated rings. The molecule has 0 atom stereocenters. The van der Waals surface area contributed by atoms with Crippen molar-refractivity contribution in [2.45, 2.75) is 0 Å². The number of anilines is 1. The molecule has 0 aliphatic carbocycles. The van der Waals surface area contributed by atoms with E-state index in [2.05, 4.69) is 37.2 Å². The van der Waals surface area contributed by atoms with Gasteiger partial charge in [0.2, 0.25) is 5.91 Å². The lowest BCUT2D eigenvalue weighted by Gasteiger charge is -2.18. The van der Waals surface area contributed by atoms with Crippen molar-refractivity contribution in [1.82, 2.24) is 4.90 Å². The van der Waals surface area contributed by atoms with Crippen LogP contribution in [-0.2, 0) is 4.79 Å². The minimum absolute atomic E-state index is 0.0657. The Morgan fingerprint density at radius 2 is 1.83 bits per heavy atom. The number of halogens is 2. The van der Waals surface area contributed by atoms with Gasteiger partial charge in [0.25, 0.3) is 5.91 Å². The molecule has 0 unspecified atom stereocenters. The Hall–Kier alpha value is -1.86. The van der Waals surface area contributed by atoms with Crippen molar-refractivity contribution in [1.29, 1.82) is 0 Å². The molecule has 0 radical (unpaired) electrons. The molecule has 0 aromatic heterocycles. The smallest absolute Gasteiger partial charge is 0.255 e. The van der Waals surface area contributed by atoms with Gasteiger partial charge in [-0.25, -0.2) is 0 Å². The summed E-state index contributed by atoms with van der Waals surface area (Å²) < 4.78 is 6.56. The number of hydrogen-bond acceptors (Lipinski definition) is 3. The normalized spacial score (nSPS) is 10.2. The molecule has 7 heteroatoms. The van der Waals surface area contributed by atoms with Crippen LogP contribution in [0, 0.1) is 0 Å². The van der Waals surface area contributed by atoms with Crippen LogP contribution in [0.5, 0.6) is 5.75 Å². The molecule has 0 heterocycles. The first kappa shape index (κ1) is 18.5. The van der Waals surface area contributed by atoms with Crippen molar-refractivity contribution in [3.8, 4) is 5.75 Å². The monoisotopic (exact) mass is 454 g/mol. The van der Waals surface area contributed by atoms with E-state index >= 15 is 0 Å². The number of amides is 2. The molecule has 5 nitrogen and oxygen atoms in total. The Morgan fingerprint density at radius 3 is 2.50 bits per heavy atom. The number of para-hydroxylation sites is 1. The number of hydrogen-bond donors (Lipinski definition) is 1. The van der Waals surface area contributed by atoms with Crippen LogP contribution in [0.25, 0.3) is 0 Å². The highest BCUT2D eigenvalue weighted by molar-refractivity contribution is 9.11. The maximum absolute atomic E-state index is 12.5. The fourth-order valence-corrected chi connectivity index (χ4v) is 2.84. The fourth-order valence-electron chi connectivity index (χ4n) is 2.04. The molecule has 0 aliphatic rings. The van der Waals surface area contributed by atoms with Crippen LogP contribution in [0.2, 0.25) is 0 Å². The number of carbonyl (C=O) groups is 2. The summed E-state index contributed by atoms with van der Waals surface area (Å²) in [5.41, 5.74) is 1.09. The second-order valence-electron chi connectivity index (χ2n) is 5.04. The molecular weight excluding hydrogens is 440 g/mol. The van der Waals surface area contributed by atoms with Crippen molar-refractivity contribution >= 4 is 49.4 Å². The molecule has 0 aliphatic heterocycles. The molecule has 2 aromatic carbocycles. The summed E-state index contributed by atoms with van der Waals surface area (Å²) in [6.07, 6.45) is 0. The van der Waals surface area contributed by atoms with Gasteiger partial charge in [-0.1, -0.05) is 12.1 Å². The number of rotatable bonds is 5. The van der Waals surface area contributed by atoms with E-state index in [1.54, 1.807) is 31.3 Å². The predicted molar refractivity (Wildman–Crippen MR) is 100 cm³/mol. The first-order chi connectivity index (χ1) is 11.4. The molecule has 1 N–H and O–H groups in total. The summed E-state index contributed by atoms with van der Waals surface area (Å²) in [6.45, 7) is -0.0657. The molecule has 0 spiro atoms. The number of likely N-dealkylation sites (N-methyl/N-ethyl adjacent to an activating group) is 1. The molecule has 2 amide bonds. The molecule has 24 heavy (non-hydrogen) atoms. The molecule has 0 saturated heterocycles. The van der Waals surface area contributed by atoms with E-state index in [1.165, 1.54) is 12.0 Å². The van der Waals surface area contributed by atoms with Crippen LogP contribution < -0.4 is 10.1 Å². The Bertz CT molecular complexity index is 765. The van der Waals surface area contributed by atoms with Gasteiger partial charge in [0.1, 0.15) is 5.75 Å². The lowest BCUT2D eigenvalue weighted by Crippen LogP contribution is -2.35. The van der Waals surface area contributed by atoms with Crippen molar-refractivity contribution < 1.29 is 14.3 Å². The summed E-state index contributed by atoms with van der Waals surface area (Å²) in [6, 6.07) is 12.4. The zero-order valence-electron chi connectivity index (χ0n) is 13.2. The summed E-state index contributed by atoms with van der Waals surface area (Å²) in [5, 5.41) is 2.77.